The summed E-state index contributed by atoms with van der Waals surface area (Å²) in [5, 5.41) is 1.37. The van der Waals surface area contributed by atoms with Gasteiger partial charge in [0.15, 0.2) is 0 Å². The first-order chi connectivity index (χ1) is 12.1. The van der Waals surface area contributed by atoms with Crippen molar-refractivity contribution in [2.75, 3.05) is 6.61 Å². The number of benzene rings is 1. The van der Waals surface area contributed by atoms with Crippen LogP contribution in [0.2, 0.25) is 5.02 Å². The minimum Gasteiger partial charge on any atom is -0.486 e. The highest BCUT2D eigenvalue weighted by Gasteiger charge is 2.17. The van der Waals surface area contributed by atoms with Crippen molar-refractivity contribution in [1.29, 1.82) is 0 Å². The Hall–Kier alpha value is -2.38. The first-order valence-corrected chi connectivity index (χ1v) is 8.79. The summed E-state index contributed by atoms with van der Waals surface area (Å²) in [4.78, 5) is 21.0. The van der Waals surface area contributed by atoms with Crippen LogP contribution in [0.4, 0.5) is 0 Å². The number of halogens is 1. The van der Waals surface area contributed by atoms with Gasteiger partial charge >= 0.3 is 5.97 Å². The highest BCUT2D eigenvalue weighted by Crippen LogP contribution is 2.22. The summed E-state index contributed by atoms with van der Waals surface area (Å²) in [6, 6.07) is 7.09. The van der Waals surface area contributed by atoms with Gasteiger partial charge in [0, 0.05) is 17.4 Å². The van der Waals surface area contributed by atoms with Gasteiger partial charge in [0.1, 0.15) is 28.8 Å². The molecular weight excluding hydrogens is 362 g/mol. The molecule has 0 N–H and O–H groups in total. The lowest BCUT2D eigenvalue weighted by atomic mass is 10.3. The zero-order valence-electron chi connectivity index (χ0n) is 13.5. The molecule has 6 nitrogen and oxygen atoms in total. The summed E-state index contributed by atoms with van der Waals surface area (Å²) in [6.45, 7) is 2.92. The fraction of sp³-hybridized carbons (Fsp3) is 0.235. The molecule has 130 valence electrons. The highest BCUT2D eigenvalue weighted by molar-refractivity contribution is 7.13. The second kappa shape index (κ2) is 8.13. The summed E-state index contributed by atoms with van der Waals surface area (Å²) >= 11 is 7.12. The van der Waals surface area contributed by atoms with Crippen molar-refractivity contribution in [3.8, 4) is 5.75 Å². The second-order valence-electron chi connectivity index (χ2n) is 5.20. The number of aromatic nitrogens is 3. The summed E-state index contributed by atoms with van der Waals surface area (Å²) in [6.07, 6.45) is 5.18. The quantitative estimate of drug-likeness (QED) is 0.587. The molecule has 1 aromatic carbocycles. The standard InChI is InChI=1S/C17H16ClN3O3S/c1-12-16(17(22)23-9-8-21-7-6-19-11-21)25-15(20-12)10-24-14-4-2-13(18)3-5-14/h2-7,11H,8-10H2,1H3. The number of hydrogen-bond donors (Lipinski definition) is 0. The van der Waals surface area contributed by atoms with Gasteiger partial charge in [-0.1, -0.05) is 11.6 Å². The van der Waals surface area contributed by atoms with E-state index < -0.39 is 0 Å². The van der Waals surface area contributed by atoms with Crippen LogP contribution in [0, 0.1) is 6.92 Å². The van der Waals surface area contributed by atoms with E-state index in [2.05, 4.69) is 9.97 Å². The summed E-state index contributed by atoms with van der Waals surface area (Å²) in [7, 11) is 0. The molecule has 0 saturated heterocycles. The van der Waals surface area contributed by atoms with E-state index in [1.165, 1.54) is 11.3 Å². The van der Waals surface area contributed by atoms with E-state index in [-0.39, 0.29) is 19.2 Å². The lowest BCUT2D eigenvalue weighted by Crippen LogP contribution is -2.10. The Bertz CT molecular complexity index is 831. The van der Waals surface area contributed by atoms with Crippen LogP contribution in [-0.4, -0.2) is 27.1 Å². The smallest absolute Gasteiger partial charge is 0.350 e. The third-order valence-electron chi connectivity index (χ3n) is 3.34. The molecule has 0 amide bonds. The number of nitrogens with zero attached hydrogens (tertiary/aromatic N) is 3. The molecule has 0 bridgehead atoms. The molecule has 25 heavy (non-hydrogen) atoms. The fourth-order valence-corrected chi connectivity index (χ4v) is 3.11. The maximum absolute atomic E-state index is 12.2. The van der Waals surface area contributed by atoms with Crippen molar-refractivity contribution >= 4 is 28.9 Å². The number of hydrogen-bond acceptors (Lipinski definition) is 6. The third-order valence-corrected chi connectivity index (χ3v) is 4.71. The van der Waals surface area contributed by atoms with Crippen molar-refractivity contribution in [3.05, 3.63) is 63.6 Å². The number of ether oxygens (including phenoxy) is 2. The van der Waals surface area contributed by atoms with Crippen LogP contribution in [0.3, 0.4) is 0 Å². The molecule has 0 aliphatic rings. The normalized spacial score (nSPS) is 10.6. The molecule has 3 aromatic rings. The third kappa shape index (κ3) is 4.80. The van der Waals surface area contributed by atoms with Crippen LogP contribution < -0.4 is 4.74 Å². The van der Waals surface area contributed by atoms with Gasteiger partial charge in [-0.2, -0.15) is 0 Å². The number of carbonyl (C=O) groups excluding carboxylic acids is 1. The number of carbonyl (C=O) groups is 1. The van der Waals surface area contributed by atoms with Crippen molar-refractivity contribution < 1.29 is 14.3 Å². The van der Waals surface area contributed by atoms with Crippen LogP contribution >= 0.6 is 22.9 Å². The summed E-state index contributed by atoms with van der Waals surface area (Å²) in [5.74, 6) is 0.328. The molecular formula is C17H16ClN3O3S. The minimum atomic E-state index is -0.368. The summed E-state index contributed by atoms with van der Waals surface area (Å²) in [5.41, 5.74) is 0.646. The predicted molar refractivity (Wildman–Crippen MR) is 95.1 cm³/mol. The molecule has 0 saturated carbocycles. The number of thiazole rings is 1. The molecule has 2 heterocycles. The topological polar surface area (TPSA) is 66.2 Å². The van der Waals surface area contributed by atoms with Crippen molar-refractivity contribution in [2.45, 2.75) is 20.1 Å². The Kier molecular flexibility index (Phi) is 5.67. The number of aryl methyl sites for hydroxylation is 1. The number of rotatable bonds is 7. The highest BCUT2D eigenvalue weighted by atomic mass is 35.5. The Morgan fingerprint density at radius 2 is 2.12 bits per heavy atom. The van der Waals surface area contributed by atoms with Gasteiger partial charge in [-0.15, -0.1) is 11.3 Å². The van der Waals surface area contributed by atoms with Crippen LogP contribution in [0.15, 0.2) is 43.0 Å². The van der Waals surface area contributed by atoms with E-state index in [9.17, 15) is 4.79 Å². The first kappa shape index (κ1) is 17.4. The maximum atomic E-state index is 12.2. The number of imidazole rings is 1. The van der Waals surface area contributed by atoms with Crippen LogP contribution in [0.5, 0.6) is 5.75 Å². The van der Waals surface area contributed by atoms with Gasteiger partial charge in [-0.3, -0.25) is 0 Å². The molecule has 8 heteroatoms. The van der Waals surface area contributed by atoms with E-state index >= 15 is 0 Å². The van der Waals surface area contributed by atoms with E-state index in [1.807, 2.05) is 10.8 Å². The predicted octanol–water partition coefficient (Wildman–Crippen LogP) is 3.74. The molecule has 0 fully saturated rings. The molecule has 0 atom stereocenters. The van der Waals surface area contributed by atoms with Crippen LogP contribution in [-0.2, 0) is 17.9 Å². The molecule has 3 rings (SSSR count). The van der Waals surface area contributed by atoms with E-state index in [4.69, 9.17) is 21.1 Å². The van der Waals surface area contributed by atoms with Crippen molar-refractivity contribution in [3.63, 3.8) is 0 Å². The molecule has 0 aliphatic carbocycles. The van der Waals surface area contributed by atoms with E-state index in [0.29, 0.717) is 32.9 Å². The minimum absolute atomic E-state index is 0.281. The molecule has 2 aromatic heterocycles. The second-order valence-corrected chi connectivity index (χ2v) is 6.72. The lowest BCUT2D eigenvalue weighted by molar-refractivity contribution is 0.0496. The molecule has 0 spiro atoms. The molecule has 0 unspecified atom stereocenters. The molecule has 0 aliphatic heterocycles. The van der Waals surface area contributed by atoms with Gasteiger partial charge < -0.3 is 14.0 Å². The fourth-order valence-electron chi connectivity index (χ4n) is 2.11. The van der Waals surface area contributed by atoms with Crippen LogP contribution in [0.25, 0.3) is 0 Å². The monoisotopic (exact) mass is 377 g/mol. The Balaban J connectivity index is 1.53. The Morgan fingerprint density at radius 1 is 1.32 bits per heavy atom. The van der Waals surface area contributed by atoms with E-state index in [1.54, 1.807) is 43.7 Å². The van der Waals surface area contributed by atoms with Gasteiger partial charge in [-0.25, -0.2) is 14.8 Å². The average Bonchev–Trinajstić information content (AvgIpc) is 3.24. The van der Waals surface area contributed by atoms with Crippen molar-refractivity contribution in [1.82, 2.24) is 14.5 Å². The maximum Gasteiger partial charge on any atom is 0.350 e. The zero-order chi connectivity index (χ0) is 17.6. The first-order valence-electron chi connectivity index (χ1n) is 7.59. The number of esters is 1. The van der Waals surface area contributed by atoms with Gasteiger partial charge in [0.2, 0.25) is 0 Å². The van der Waals surface area contributed by atoms with E-state index in [0.717, 1.165) is 0 Å². The van der Waals surface area contributed by atoms with Gasteiger partial charge in [0.25, 0.3) is 0 Å². The molecule has 0 radical (unpaired) electrons. The zero-order valence-corrected chi connectivity index (χ0v) is 15.1. The van der Waals surface area contributed by atoms with Gasteiger partial charge in [-0.05, 0) is 31.2 Å². The lowest BCUT2D eigenvalue weighted by Gasteiger charge is -2.04. The van der Waals surface area contributed by atoms with Gasteiger partial charge in [0.05, 0.1) is 18.6 Å². The average molecular weight is 378 g/mol. The SMILES string of the molecule is Cc1nc(COc2ccc(Cl)cc2)sc1C(=O)OCCn1ccnc1. The van der Waals surface area contributed by atoms with Crippen molar-refractivity contribution in [2.24, 2.45) is 0 Å². The Morgan fingerprint density at radius 3 is 2.84 bits per heavy atom. The largest absolute Gasteiger partial charge is 0.486 e. The van der Waals surface area contributed by atoms with Crippen LogP contribution in [0.1, 0.15) is 20.4 Å². The Labute approximate surface area is 154 Å². The summed E-state index contributed by atoms with van der Waals surface area (Å²) < 4.78 is 12.8.